The molecule has 4 aromatic rings. The highest BCUT2D eigenvalue weighted by Crippen LogP contribution is 2.16. The lowest BCUT2D eigenvalue weighted by molar-refractivity contribution is 0.370. The molecule has 1 N–H and O–H groups in total. The van der Waals surface area contributed by atoms with E-state index in [0.717, 1.165) is 4.57 Å². The first kappa shape index (κ1) is 15.9. The van der Waals surface area contributed by atoms with Gasteiger partial charge in [-0.2, -0.15) is 4.98 Å². The summed E-state index contributed by atoms with van der Waals surface area (Å²) in [5.41, 5.74) is 0.242. The summed E-state index contributed by atoms with van der Waals surface area (Å²) >= 11 is 0. The van der Waals surface area contributed by atoms with Crippen LogP contribution in [0.2, 0.25) is 0 Å². The molecule has 130 valence electrons. The second kappa shape index (κ2) is 6.40. The van der Waals surface area contributed by atoms with E-state index >= 15 is 0 Å². The summed E-state index contributed by atoms with van der Waals surface area (Å²) in [5.74, 6) is 0.246. The molecule has 0 amide bonds. The number of aryl methyl sites for hydroxylation is 1. The lowest BCUT2D eigenvalue weighted by Gasteiger charge is -2.04. The minimum Gasteiger partial charge on any atom is -0.339 e. The summed E-state index contributed by atoms with van der Waals surface area (Å²) in [6.45, 7) is 0.101. The molecule has 0 aliphatic heterocycles. The highest BCUT2D eigenvalue weighted by Gasteiger charge is 2.11. The molecule has 2 aromatic carbocycles. The third kappa shape index (κ3) is 2.92. The van der Waals surface area contributed by atoms with Crippen LogP contribution >= 0.6 is 0 Å². The van der Waals surface area contributed by atoms with Gasteiger partial charge in [-0.15, -0.1) is 0 Å². The van der Waals surface area contributed by atoms with Crippen LogP contribution in [0.5, 0.6) is 0 Å². The molecule has 0 saturated heterocycles. The van der Waals surface area contributed by atoms with Crippen LogP contribution in [0.4, 0.5) is 4.39 Å². The van der Waals surface area contributed by atoms with Gasteiger partial charge in [0.15, 0.2) is 0 Å². The van der Waals surface area contributed by atoms with Crippen LogP contribution in [0.25, 0.3) is 22.3 Å². The normalized spacial score (nSPS) is 11.1. The van der Waals surface area contributed by atoms with Crippen molar-refractivity contribution in [3.05, 3.63) is 81.1 Å². The highest BCUT2D eigenvalue weighted by atomic mass is 19.1. The minimum atomic E-state index is -0.494. The Morgan fingerprint density at radius 3 is 2.65 bits per heavy atom. The van der Waals surface area contributed by atoms with E-state index in [1.165, 1.54) is 12.1 Å². The monoisotopic (exact) mass is 352 g/mol. The molecule has 0 atom stereocenters. The standard InChI is InChI=1S/C18H13FN4O3/c19-12-7-5-11(6-8-12)16-21-15(26-22-16)9-10-23-17(24)13-3-1-2-4-14(13)20-18(23)25/h1-8H,9-10H2,(H,20,25). The number of hydrogen-bond donors (Lipinski definition) is 1. The van der Waals surface area contributed by atoms with Crippen molar-refractivity contribution >= 4 is 10.9 Å². The van der Waals surface area contributed by atoms with Gasteiger partial charge < -0.3 is 9.51 Å². The lowest BCUT2D eigenvalue weighted by atomic mass is 10.2. The number of para-hydroxylation sites is 1. The van der Waals surface area contributed by atoms with E-state index in [-0.39, 0.29) is 30.2 Å². The van der Waals surface area contributed by atoms with Crippen LogP contribution in [0.1, 0.15) is 5.89 Å². The first-order chi connectivity index (χ1) is 12.6. The first-order valence-corrected chi connectivity index (χ1v) is 7.92. The maximum atomic E-state index is 13.0. The second-order valence-electron chi connectivity index (χ2n) is 5.70. The van der Waals surface area contributed by atoms with E-state index < -0.39 is 5.69 Å². The number of H-pyrrole nitrogens is 1. The zero-order valence-electron chi connectivity index (χ0n) is 13.5. The van der Waals surface area contributed by atoms with Gasteiger partial charge in [0.2, 0.25) is 11.7 Å². The average Bonchev–Trinajstić information content (AvgIpc) is 3.11. The van der Waals surface area contributed by atoms with E-state index in [1.54, 1.807) is 36.4 Å². The van der Waals surface area contributed by atoms with Crippen LogP contribution < -0.4 is 11.2 Å². The Kier molecular flexibility index (Phi) is 3.92. The van der Waals surface area contributed by atoms with Gasteiger partial charge in [-0.05, 0) is 36.4 Å². The average molecular weight is 352 g/mol. The van der Waals surface area contributed by atoms with E-state index in [1.807, 2.05) is 0 Å². The van der Waals surface area contributed by atoms with Gasteiger partial charge in [0.25, 0.3) is 5.56 Å². The van der Waals surface area contributed by atoms with Gasteiger partial charge in [0, 0.05) is 18.5 Å². The highest BCUT2D eigenvalue weighted by molar-refractivity contribution is 5.76. The minimum absolute atomic E-state index is 0.101. The molecule has 0 aliphatic carbocycles. The number of nitrogens with zero attached hydrogens (tertiary/aromatic N) is 3. The number of hydrogen-bond acceptors (Lipinski definition) is 5. The van der Waals surface area contributed by atoms with E-state index in [9.17, 15) is 14.0 Å². The van der Waals surface area contributed by atoms with Crippen molar-refractivity contribution in [1.29, 1.82) is 0 Å². The molecule has 0 bridgehead atoms. The number of benzene rings is 2. The van der Waals surface area contributed by atoms with Crippen LogP contribution in [0.3, 0.4) is 0 Å². The van der Waals surface area contributed by atoms with E-state index in [0.29, 0.717) is 22.3 Å². The number of aromatic nitrogens is 4. The fraction of sp³-hybridized carbons (Fsp3) is 0.111. The zero-order valence-corrected chi connectivity index (χ0v) is 13.5. The Bertz CT molecular complexity index is 1190. The van der Waals surface area contributed by atoms with Gasteiger partial charge in [-0.25, -0.2) is 9.18 Å². The van der Waals surface area contributed by atoms with Crippen molar-refractivity contribution in [2.24, 2.45) is 0 Å². The summed E-state index contributed by atoms with van der Waals surface area (Å²) in [6, 6.07) is 12.5. The molecule has 7 nitrogen and oxygen atoms in total. The van der Waals surface area contributed by atoms with Crippen LogP contribution in [-0.2, 0) is 13.0 Å². The molecular weight excluding hydrogens is 339 g/mol. The molecule has 0 radical (unpaired) electrons. The molecule has 0 aliphatic rings. The second-order valence-corrected chi connectivity index (χ2v) is 5.70. The predicted molar refractivity (Wildman–Crippen MR) is 92.2 cm³/mol. The van der Waals surface area contributed by atoms with Crippen molar-refractivity contribution < 1.29 is 8.91 Å². The smallest absolute Gasteiger partial charge is 0.328 e. The largest absolute Gasteiger partial charge is 0.339 e. The lowest BCUT2D eigenvalue weighted by Crippen LogP contribution is -2.35. The van der Waals surface area contributed by atoms with Gasteiger partial charge >= 0.3 is 5.69 Å². The number of rotatable bonds is 4. The van der Waals surface area contributed by atoms with Gasteiger partial charge in [-0.1, -0.05) is 17.3 Å². The maximum Gasteiger partial charge on any atom is 0.328 e. The van der Waals surface area contributed by atoms with Crippen molar-refractivity contribution in [2.45, 2.75) is 13.0 Å². The van der Waals surface area contributed by atoms with Crippen LogP contribution in [0.15, 0.2) is 62.6 Å². The summed E-state index contributed by atoms with van der Waals surface area (Å²) in [6.07, 6.45) is 0.218. The van der Waals surface area contributed by atoms with Crippen molar-refractivity contribution in [3.63, 3.8) is 0 Å². The van der Waals surface area contributed by atoms with Crippen LogP contribution in [0, 0.1) is 5.82 Å². The summed E-state index contributed by atoms with van der Waals surface area (Å²) in [7, 11) is 0. The molecule has 8 heteroatoms. The molecule has 0 saturated carbocycles. The maximum absolute atomic E-state index is 13.0. The molecule has 4 rings (SSSR count). The van der Waals surface area contributed by atoms with Gasteiger partial charge in [0.1, 0.15) is 5.82 Å². The Morgan fingerprint density at radius 2 is 1.85 bits per heavy atom. The van der Waals surface area contributed by atoms with Crippen molar-refractivity contribution in [2.75, 3.05) is 0 Å². The predicted octanol–water partition coefficient (Wildman–Crippen LogP) is 2.12. The first-order valence-electron chi connectivity index (χ1n) is 7.92. The third-order valence-corrected chi connectivity index (χ3v) is 4.01. The summed E-state index contributed by atoms with van der Waals surface area (Å²) < 4.78 is 19.2. The molecule has 0 unspecified atom stereocenters. The number of nitrogens with one attached hydrogen (secondary N) is 1. The number of aromatic amines is 1. The van der Waals surface area contributed by atoms with Crippen molar-refractivity contribution in [3.8, 4) is 11.4 Å². The van der Waals surface area contributed by atoms with Crippen molar-refractivity contribution in [1.82, 2.24) is 19.7 Å². The zero-order chi connectivity index (χ0) is 18.1. The van der Waals surface area contributed by atoms with Gasteiger partial charge in [-0.3, -0.25) is 9.36 Å². The van der Waals surface area contributed by atoms with Gasteiger partial charge in [0.05, 0.1) is 10.9 Å². The molecule has 2 aromatic heterocycles. The Labute approximate surface area is 145 Å². The SMILES string of the molecule is O=c1[nH]c2ccccc2c(=O)n1CCc1nc(-c2ccc(F)cc2)no1. The Hall–Kier alpha value is -3.55. The quantitative estimate of drug-likeness (QED) is 0.607. The van der Waals surface area contributed by atoms with E-state index in [2.05, 4.69) is 15.1 Å². The van der Waals surface area contributed by atoms with E-state index in [4.69, 9.17) is 4.52 Å². The topological polar surface area (TPSA) is 93.8 Å². The van der Waals surface area contributed by atoms with Crippen LogP contribution in [-0.4, -0.2) is 19.7 Å². The molecule has 26 heavy (non-hydrogen) atoms. The molecule has 0 fully saturated rings. The fourth-order valence-electron chi connectivity index (χ4n) is 2.68. The molecular formula is C18H13FN4O3. The molecule has 0 spiro atoms. The number of halogens is 1. The third-order valence-electron chi connectivity index (χ3n) is 4.01. The Balaban J connectivity index is 1.58. The Morgan fingerprint density at radius 1 is 1.08 bits per heavy atom. The summed E-state index contributed by atoms with van der Waals surface area (Å²) in [5, 5.41) is 4.28. The number of fused-ring (bicyclic) bond motifs is 1. The summed E-state index contributed by atoms with van der Waals surface area (Å²) in [4.78, 5) is 31.5. The fourth-order valence-corrected chi connectivity index (χ4v) is 2.68. The molecule has 2 heterocycles.